The van der Waals surface area contributed by atoms with Gasteiger partial charge in [-0.2, -0.15) is 0 Å². The fourth-order valence-electron chi connectivity index (χ4n) is 2.20. The molecule has 0 saturated carbocycles. The average molecular weight is 332 g/mol. The number of unbranched alkanes of at least 4 members (excludes halogenated alkanes) is 5. The quantitative estimate of drug-likeness (QED) is 0.270. The van der Waals surface area contributed by atoms with Crippen LogP contribution in [-0.2, 0) is 14.3 Å². The molecular weight excluding hydrogens is 304 g/mol. The molecule has 0 aliphatic heterocycles. The summed E-state index contributed by atoms with van der Waals surface area (Å²) in [5, 5.41) is 0. The molecule has 1 aromatic carbocycles. The summed E-state index contributed by atoms with van der Waals surface area (Å²) in [7, 11) is 0. The number of aryl methyl sites for hydroxylation is 2. The number of benzene rings is 1. The number of rotatable bonds is 10. The summed E-state index contributed by atoms with van der Waals surface area (Å²) in [6, 6.07) is 5.62. The van der Waals surface area contributed by atoms with E-state index in [1.54, 1.807) is 6.07 Å². The highest BCUT2D eigenvalue weighted by atomic mass is 16.5. The average Bonchev–Trinajstić information content (AvgIpc) is 2.55. The first kappa shape index (κ1) is 19.9. The van der Waals surface area contributed by atoms with E-state index < -0.39 is 11.9 Å². The van der Waals surface area contributed by atoms with E-state index in [-0.39, 0.29) is 0 Å². The molecule has 4 heteroatoms. The topological polar surface area (TPSA) is 52.6 Å². The van der Waals surface area contributed by atoms with Crippen LogP contribution in [0.4, 0.5) is 0 Å². The van der Waals surface area contributed by atoms with Crippen molar-refractivity contribution in [1.82, 2.24) is 0 Å². The van der Waals surface area contributed by atoms with Crippen LogP contribution in [0.2, 0.25) is 0 Å². The highest BCUT2D eigenvalue weighted by molar-refractivity contribution is 5.92. The van der Waals surface area contributed by atoms with Crippen LogP contribution >= 0.6 is 0 Å². The number of hydrogen-bond donors (Lipinski definition) is 0. The van der Waals surface area contributed by atoms with Crippen LogP contribution in [0.1, 0.15) is 56.6 Å². The van der Waals surface area contributed by atoms with Gasteiger partial charge in [-0.1, -0.05) is 51.2 Å². The molecule has 132 valence electrons. The van der Waals surface area contributed by atoms with Crippen molar-refractivity contribution in [3.8, 4) is 5.75 Å². The zero-order chi connectivity index (χ0) is 17.8. The number of ether oxygens (including phenoxy) is 2. The molecule has 0 N–H and O–H groups in total. The van der Waals surface area contributed by atoms with Gasteiger partial charge >= 0.3 is 11.9 Å². The number of hydrogen-bond acceptors (Lipinski definition) is 4. The zero-order valence-corrected chi connectivity index (χ0v) is 15.0. The minimum absolute atomic E-state index is 0.390. The lowest BCUT2D eigenvalue weighted by Gasteiger charge is -2.06. The molecule has 24 heavy (non-hydrogen) atoms. The van der Waals surface area contributed by atoms with Crippen LogP contribution in [0.15, 0.2) is 30.4 Å². The lowest BCUT2D eigenvalue weighted by molar-refractivity contribution is -0.138. The summed E-state index contributed by atoms with van der Waals surface area (Å²) in [5.74, 6) is -0.591. The predicted molar refractivity (Wildman–Crippen MR) is 95.0 cm³/mol. The molecule has 0 aliphatic carbocycles. The molecule has 4 nitrogen and oxygen atoms in total. The van der Waals surface area contributed by atoms with Crippen LogP contribution in [0.5, 0.6) is 5.75 Å². The molecule has 0 heterocycles. The maximum atomic E-state index is 11.7. The zero-order valence-electron chi connectivity index (χ0n) is 15.0. The Morgan fingerprint density at radius 2 is 1.62 bits per heavy atom. The van der Waals surface area contributed by atoms with E-state index in [2.05, 4.69) is 6.92 Å². The summed E-state index contributed by atoms with van der Waals surface area (Å²) in [5.41, 5.74) is 1.87. The van der Waals surface area contributed by atoms with Crippen molar-refractivity contribution >= 4 is 11.9 Å². The smallest absolute Gasteiger partial charge is 0.336 e. The normalized spacial score (nSPS) is 10.8. The van der Waals surface area contributed by atoms with Crippen LogP contribution < -0.4 is 4.74 Å². The summed E-state index contributed by atoms with van der Waals surface area (Å²) in [6.07, 6.45) is 9.01. The van der Waals surface area contributed by atoms with Gasteiger partial charge in [0.15, 0.2) is 0 Å². The molecule has 0 aromatic heterocycles. The molecule has 0 atom stereocenters. The fourth-order valence-corrected chi connectivity index (χ4v) is 2.20. The Morgan fingerprint density at radius 3 is 2.38 bits per heavy atom. The van der Waals surface area contributed by atoms with Crippen LogP contribution in [-0.4, -0.2) is 18.5 Å². The molecule has 0 bridgehead atoms. The molecule has 0 aliphatic rings. The monoisotopic (exact) mass is 332 g/mol. The van der Waals surface area contributed by atoms with Gasteiger partial charge in [-0.25, -0.2) is 9.59 Å². The minimum Gasteiger partial charge on any atom is -0.463 e. The standard InChI is InChI=1S/C20H28O4/c1-4-5-6-7-8-9-14-23-19(21)12-13-20(22)24-18-15-16(2)10-11-17(18)3/h10-13,15H,4-9,14H2,1-3H3/b13-12+. The third-order valence-electron chi connectivity index (χ3n) is 3.65. The maximum Gasteiger partial charge on any atom is 0.336 e. The highest BCUT2D eigenvalue weighted by Crippen LogP contribution is 2.19. The summed E-state index contributed by atoms with van der Waals surface area (Å²) < 4.78 is 10.3. The minimum atomic E-state index is -0.583. The molecule has 0 fully saturated rings. The van der Waals surface area contributed by atoms with Crippen LogP contribution in [0.3, 0.4) is 0 Å². The number of esters is 2. The summed E-state index contributed by atoms with van der Waals surface area (Å²) >= 11 is 0. The van der Waals surface area contributed by atoms with Gasteiger partial charge in [0.2, 0.25) is 0 Å². The Kier molecular flexibility index (Phi) is 9.51. The van der Waals surface area contributed by atoms with Crippen molar-refractivity contribution in [2.24, 2.45) is 0 Å². The Hall–Kier alpha value is -2.10. The van der Waals surface area contributed by atoms with E-state index in [0.717, 1.165) is 36.1 Å². The van der Waals surface area contributed by atoms with Crippen LogP contribution in [0.25, 0.3) is 0 Å². The van der Waals surface area contributed by atoms with Crippen molar-refractivity contribution in [2.75, 3.05) is 6.61 Å². The third-order valence-corrected chi connectivity index (χ3v) is 3.65. The Labute approximate surface area is 144 Å². The number of carbonyl (C=O) groups excluding carboxylic acids is 2. The molecule has 1 rings (SSSR count). The van der Waals surface area contributed by atoms with Gasteiger partial charge in [0.25, 0.3) is 0 Å². The Morgan fingerprint density at radius 1 is 0.958 bits per heavy atom. The first-order chi connectivity index (χ1) is 11.5. The molecule has 1 aromatic rings. The van der Waals surface area contributed by atoms with E-state index in [9.17, 15) is 9.59 Å². The summed E-state index contributed by atoms with van der Waals surface area (Å²) in [6.45, 7) is 6.35. The van der Waals surface area contributed by atoms with Crippen molar-refractivity contribution in [3.63, 3.8) is 0 Å². The van der Waals surface area contributed by atoms with Gasteiger partial charge in [0, 0.05) is 12.2 Å². The SMILES string of the molecule is CCCCCCCCOC(=O)/C=C/C(=O)Oc1cc(C)ccc1C. The Bertz CT molecular complexity index is 561. The van der Waals surface area contributed by atoms with Crippen molar-refractivity contribution < 1.29 is 19.1 Å². The third kappa shape index (κ3) is 8.51. The summed E-state index contributed by atoms with van der Waals surface area (Å²) in [4.78, 5) is 23.3. The molecular formula is C20H28O4. The van der Waals surface area contributed by atoms with E-state index in [0.29, 0.717) is 12.4 Å². The second-order valence-electron chi connectivity index (χ2n) is 5.96. The maximum absolute atomic E-state index is 11.7. The predicted octanol–water partition coefficient (Wildman–Crippen LogP) is 4.67. The largest absolute Gasteiger partial charge is 0.463 e. The Balaban J connectivity index is 2.26. The van der Waals surface area contributed by atoms with Gasteiger partial charge < -0.3 is 9.47 Å². The second-order valence-corrected chi connectivity index (χ2v) is 5.96. The first-order valence-corrected chi connectivity index (χ1v) is 8.67. The van der Waals surface area contributed by atoms with E-state index in [4.69, 9.17) is 9.47 Å². The van der Waals surface area contributed by atoms with Crippen LogP contribution in [0, 0.1) is 13.8 Å². The van der Waals surface area contributed by atoms with E-state index in [1.807, 2.05) is 26.0 Å². The lowest BCUT2D eigenvalue weighted by atomic mass is 10.1. The van der Waals surface area contributed by atoms with Crippen molar-refractivity contribution in [2.45, 2.75) is 59.3 Å². The molecule has 0 amide bonds. The molecule has 0 radical (unpaired) electrons. The van der Waals surface area contributed by atoms with Gasteiger partial charge in [0.1, 0.15) is 5.75 Å². The van der Waals surface area contributed by atoms with E-state index >= 15 is 0 Å². The molecule has 0 spiro atoms. The van der Waals surface area contributed by atoms with Gasteiger partial charge in [0.05, 0.1) is 6.61 Å². The van der Waals surface area contributed by atoms with Gasteiger partial charge in [-0.3, -0.25) is 0 Å². The van der Waals surface area contributed by atoms with Gasteiger partial charge in [-0.15, -0.1) is 0 Å². The second kappa shape index (κ2) is 11.4. The number of carbonyl (C=O) groups is 2. The first-order valence-electron chi connectivity index (χ1n) is 8.67. The molecule has 0 unspecified atom stereocenters. The van der Waals surface area contributed by atoms with Crippen molar-refractivity contribution in [1.29, 1.82) is 0 Å². The fraction of sp³-hybridized carbons (Fsp3) is 0.500. The molecule has 0 saturated heterocycles. The van der Waals surface area contributed by atoms with Gasteiger partial charge in [-0.05, 0) is 37.5 Å². The van der Waals surface area contributed by atoms with Crippen molar-refractivity contribution in [3.05, 3.63) is 41.5 Å². The highest BCUT2D eigenvalue weighted by Gasteiger charge is 2.06. The van der Waals surface area contributed by atoms with E-state index in [1.165, 1.54) is 25.7 Å². The lowest BCUT2D eigenvalue weighted by Crippen LogP contribution is -2.08.